The SMILES string of the molecule is CCCC(=O)N1CCCC1C(=O)NCC(C)(C)C(=O)O. The van der Waals surface area contributed by atoms with Gasteiger partial charge in [0.15, 0.2) is 0 Å². The van der Waals surface area contributed by atoms with Gasteiger partial charge in [0.25, 0.3) is 0 Å². The highest BCUT2D eigenvalue weighted by atomic mass is 16.4. The highest BCUT2D eigenvalue weighted by Gasteiger charge is 2.35. The summed E-state index contributed by atoms with van der Waals surface area (Å²) in [5.74, 6) is -1.20. The van der Waals surface area contributed by atoms with Gasteiger partial charge in [-0.1, -0.05) is 6.92 Å². The summed E-state index contributed by atoms with van der Waals surface area (Å²) in [6.45, 7) is 5.72. The van der Waals surface area contributed by atoms with Crippen LogP contribution in [0.15, 0.2) is 0 Å². The normalized spacial score (nSPS) is 18.9. The van der Waals surface area contributed by atoms with E-state index in [4.69, 9.17) is 5.11 Å². The number of nitrogens with one attached hydrogen (secondary N) is 1. The molecule has 6 heteroatoms. The predicted octanol–water partition coefficient (Wildman–Crippen LogP) is 1.00. The molecule has 0 aromatic carbocycles. The minimum Gasteiger partial charge on any atom is -0.481 e. The molecule has 1 aliphatic rings. The third-order valence-corrected chi connectivity index (χ3v) is 3.62. The van der Waals surface area contributed by atoms with E-state index in [1.54, 1.807) is 18.7 Å². The quantitative estimate of drug-likeness (QED) is 0.762. The largest absolute Gasteiger partial charge is 0.481 e. The van der Waals surface area contributed by atoms with Gasteiger partial charge in [0.1, 0.15) is 6.04 Å². The summed E-state index contributed by atoms with van der Waals surface area (Å²) >= 11 is 0. The number of likely N-dealkylation sites (tertiary alicyclic amines) is 1. The molecule has 0 bridgehead atoms. The summed E-state index contributed by atoms with van der Waals surface area (Å²) in [4.78, 5) is 36.7. The summed E-state index contributed by atoms with van der Waals surface area (Å²) in [6.07, 6.45) is 2.67. The molecule has 1 unspecified atom stereocenters. The Hall–Kier alpha value is -1.59. The number of carbonyl (C=O) groups excluding carboxylic acids is 2. The average molecular weight is 284 g/mol. The number of carboxylic acid groups (broad SMARTS) is 1. The van der Waals surface area contributed by atoms with Gasteiger partial charge in [0, 0.05) is 19.5 Å². The third-order valence-electron chi connectivity index (χ3n) is 3.62. The second kappa shape index (κ2) is 6.72. The maximum atomic E-state index is 12.1. The number of hydrogen-bond donors (Lipinski definition) is 2. The lowest BCUT2D eigenvalue weighted by atomic mass is 9.94. The van der Waals surface area contributed by atoms with Gasteiger partial charge < -0.3 is 15.3 Å². The van der Waals surface area contributed by atoms with E-state index in [1.165, 1.54) is 0 Å². The Balaban J connectivity index is 2.58. The Morgan fingerprint density at radius 3 is 2.55 bits per heavy atom. The summed E-state index contributed by atoms with van der Waals surface area (Å²) in [5.41, 5.74) is -1.01. The van der Waals surface area contributed by atoms with Crippen LogP contribution in [0.1, 0.15) is 46.5 Å². The number of hydrogen-bond acceptors (Lipinski definition) is 3. The van der Waals surface area contributed by atoms with Crippen molar-refractivity contribution in [3.05, 3.63) is 0 Å². The second-order valence-electron chi connectivity index (χ2n) is 5.90. The molecule has 1 heterocycles. The van der Waals surface area contributed by atoms with Crippen molar-refractivity contribution >= 4 is 17.8 Å². The number of carbonyl (C=O) groups is 3. The van der Waals surface area contributed by atoms with E-state index in [9.17, 15) is 14.4 Å². The first kappa shape index (κ1) is 16.5. The Kier molecular flexibility index (Phi) is 5.53. The lowest BCUT2D eigenvalue weighted by Crippen LogP contribution is -2.48. The molecule has 0 spiro atoms. The first-order valence-electron chi connectivity index (χ1n) is 7.10. The minimum atomic E-state index is -1.01. The van der Waals surface area contributed by atoms with Crippen molar-refractivity contribution in [2.24, 2.45) is 5.41 Å². The van der Waals surface area contributed by atoms with Crippen molar-refractivity contribution in [1.82, 2.24) is 10.2 Å². The lowest BCUT2D eigenvalue weighted by Gasteiger charge is -2.26. The van der Waals surface area contributed by atoms with Crippen LogP contribution in [0.4, 0.5) is 0 Å². The smallest absolute Gasteiger partial charge is 0.310 e. The maximum Gasteiger partial charge on any atom is 0.310 e. The van der Waals surface area contributed by atoms with Gasteiger partial charge in [-0.2, -0.15) is 0 Å². The average Bonchev–Trinajstić information content (AvgIpc) is 2.85. The van der Waals surface area contributed by atoms with Crippen LogP contribution in [0.25, 0.3) is 0 Å². The molecule has 1 rings (SSSR count). The van der Waals surface area contributed by atoms with Crippen LogP contribution in [0.3, 0.4) is 0 Å². The molecule has 114 valence electrons. The molecule has 2 amide bonds. The molecule has 1 saturated heterocycles. The van der Waals surface area contributed by atoms with Gasteiger partial charge in [-0.3, -0.25) is 14.4 Å². The predicted molar refractivity (Wildman–Crippen MR) is 74.1 cm³/mol. The van der Waals surface area contributed by atoms with Crippen LogP contribution in [0.5, 0.6) is 0 Å². The van der Waals surface area contributed by atoms with Crippen LogP contribution >= 0.6 is 0 Å². The van der Waals surface area contributed by atoms with Gasteiger partial charge in [0.2, 0.25) is 11.8 Å². The second-order valence-corrected chi connectivity index (χ2v) is 5.90. The zero-order valence-corrected chi connectivity index (χ0v) is 12.4. The van der Waals surface area contributed by atoms with E-state index in [2.05, 4.69) is 5.32 Å². The molecule has 1 fully saturated rings. The summed E-state index contributed by atoms with van der Waals surface area (Å²) in [6, 6.07) is -0.446. The summed E-state index contributed by atoms with van der Waals surface area (Å²) in [5, 5.41) is 11.7. The van der Waals surface area contributed by atoms with Gasteiger partial charge in [-0.15, -0.1) is 0 Å². The Morgan fingerprint density at radius 1 is 1.35 bits per heavy atom. The van der Waals surface area contributed by atoms with Crippen molar-refractivity contribution in [2.45, 2.75) is 52.5 Å². The maximum absolute atomic E-state index is 12.1. The minimum absolute atomic E-state index is 0.00245. The Labute approximate surface area is 119 Å². The number of nitrogens with zero attached hydrogens (tertiary/aromatic N) is 1. The lowest BCUT2D eigenvalue weighted by molar-refractivity contribution is -0.147. The van der Waals surface area contributed by atoms with Gasteiger partial charge in [-0.05, 0) is 33.1 Å². The summed E-state index contributed by atoms with van der Waals surface area (Å²) < 4.78 is 0. The molecule has 20 heavy (non-hydrogen) atoms. The van der Waals surface area contributed by atoms with Crippen LogP contribution in [0, 0.1) is 5.41 Å². The van der Waals surface area contributed by atoms with E-state index in [0.29, 0.717) is 19.4 Å². The molecule has 0 aromatic rings. The van der Waals surface area contributed by atoms with Crippen molar-refractivity contribution < 1.29 is 19.5 Å². The number of amides is 2. The molecule has 1 aliphatic heterocycles. The van der Waals surface area contributed by atoms with Crippen LogP contribution < -0.4 is 5.32 Å². The fraction of sp³-hybridized carbons (Fsp3) is 0.786. The Bertz CT molecular complexity index is 393. The standard InChI is InChI=1S/C14H24N2O4/c1-4-6-11(17)16-8-5-7-10(16)12(18)15-9-14(2,3)13(19)20/h10H,4-9H2,1-3H3,(H,15,18)(H,19,20). The molecular formula is C14H24N2O4. The number of aliphatic carboxylic acids is 1. The molecule has 2 N–H and O–H groups in total. The first-order chi connectivity index (χ1) is 9.29. The molecular weight excluding hydrogens is 260 g/mol. The summed E-state index contributed by atoms with van der Waals surface area (Å²) in [7, 11) is 0. The van der Waals surface area contributed by atoms with Crippen LogP contribution in [-0.2, 0) is 14.4 Å². The first-order valence-corrected chi connectivity index (χ1v) is 7.10. The van der Waals surface area contributed by atoms with E-state index < -0.39 is 17.4 Å². The molecule has 1 atom stereocenters. The Morgan fingerprint density at radius 2 is 2.00 bits per heavy atom. The monoisotopic (exact) mass is 284 g/mol. The van der Waals surface area contributed by atoms with Gasteiger partial charge in [0.05, 0.1) is 5.41 Å². The fourth-order valence-electron chi connectivity index (χ4n) is 2.20. The van der Waals surface area contributed by atoms with Gasteiger partial charge >= 0.3 is 5.97 Å². The molecule has 0 aliphatic carbocycles. The zero-order valence-electron chi connectivity index (χ0n) is 12.4. The van der Waals surface area contributed by atoms with E-state index in [0.717, 1.165) is 12.8 Å². The van der Waals surface area contributed by atoms with Crippen molar-refractivity contribution in [3.63, 3.8) is 0 Å². The topological polar surface area (TPSA) is 86.7 Å². The molecule has 0 aromatic heterocycles. The number of rotatable bonds is 6. The molecule has 0 radical (unpaired) electrons. The van der Waals surface area contributed by atoms with Crippen LogP contribution in [-0.4, -0.2) is 46.9 Å². The van der Waals surface area contributed by atoms with Crippen molar-refractivity contribution in [3.8, 4) is 0 Å². The zero-order chi connectivity index (χ0) is 15.3. The molecule has 6 nitrogen and oxygen atoms in total. The highest BCUT2D eigenvalue weighted by Crippen LogP contribution is 2.20. The van der Waals surface area contributed by atoms with E-state index in [1.807, 2.05) is 6.92 Å². The fourth-order valence-corrected chi connectivity index (χ4v) is 2.20. The van der Waals surface area contributed by atoms with Crippen LogP contribution in [0.2, 0.25) is 0 Å². The molecule has 0 saturated carbocycles. The number of carboxylic acids is 1. The third kappa shape index (κ3) is 3.95. The van der Waals surface area contributed by atoms with E-state index in [-0.39, 0.29) is 18.4 Å². The van der Waals surface area contributed by atoms with Crippen molar-refractivity contribution in [1.29, 1.82) is 0 Å². The highest BCUT2D eigenvalue weighted by molar-refractivity contribution is 5.88. The van der Waals surface area contributed by atoms with Gasteiger partial charge in [-0.25, -0.2) is 0 Å². The van der Waals surface area contributed by atoms with E-state index >= 15 is 0 Å². The van der Waals surface area contributed by atoms with Crippen molar-refractivity contribution in [2.75, 3.05) is 13.1 Å².